The molecule has 3 nitrogen and oxygen atoms in total. The molecule has 21 heavy (non-hydrogen) atoms. The van der Waals surface area contributed by atoms with Gasteiger partial charge in [0.2, 0.25) is 0 Å². The van der Waals surface area contributed by atoms with Gasteiger partial charge in [0.05, 0.1) is 24.1 Å². The number of halogens is 4. The topological polar surface area (TPSA) is 45.2 Å². The average Bonchev–Trinajstić information content (AvgIpc) is 2.44. The van der Waals surface area contributed by atoms with E-state index in [2.05, 4.69) is 10.3 Å². The molecule has 0 aliphatic rings. The Hall–Kier alpha value is -2.15. The molecule has 0 amide bonds. The zero-order valence-corrected chi connectivity index (χ0v) is 10.8. The number of rotatable bonds is 4. The van der Waals surface area contributed by atoms with Crippen molar-refractivity contribution in [2.75, 3.05) is 5.32 Å². The minimum Gasteiger partial charge on any atom is -0.392 e. The molecule has 2 aromatic rings. The van der Waals surface area contributed by atoms with Gasteiger partial charge in [-0.1, -0.05) is 0 Å². The third-order valence-corrected chi connectivity index (χ3v) is 2.85. The predicted molar refractivity (Wildman–Crippen MR) is 68.9 cm³/mol. The monoisotopic (exact) mass is 300 g/mol. The molecule has 0 spiro atoms. The molecule has 2 rings (SSSR count). The van der Waals surface area contributed by atoms with E-state index in [4.69, 9.17) is 5.11 Å². The summed E-state index contributed by atoms with van der Waals surface area (Å²) in [7, 11) is 0. The van der Waals surface area contributed by atoms with Gasteiger partial charge in [-0.3, -0.25) is 4.98 Å². The molecular formula is C14H12F4N2O. The molecule has 0 aliphatic carbocycles. The summed E-state index contributed by atoms with van der Waals surface area (Å²) in [4.78, 5) is 3.85. The normalized spacial score (nSPS) is 11.5. The van der Waals surface area contributed by atoms with Gasteiger partial charge >= 0.3 is 6.18 Å². The SMILES string of the molecule is OCc1ccncc1NCc1cc(F)cc(C(F)(F)F)c1. The zero-order valence-electron chi connectivity index (χ0n) is 10.8. The molecule has 0 radical (unpaired) electrons. The van der Waals surface area contributed by atoms with Crippen LogP contribution in [0.4, 0.5) is 23.2 Å². The summed E-state index contributed by atoms with van der Waals surface area (Å²) in [5.41, 5.74) is 0.151. The Kier molecular flexibility index (Phi) is 4.42. The van der Waals surface area contributed by atoms with E-state index in [1.807, 2.05) is 0 Å². The number of benzene rings is 1. The summed E-state index contributed by atoms with van der Waals surface area (Å²) in [6.45, 7) is -0.249. The van der Waals surface area contributed by atoms with Gasteiger partial charge in [0.25, 0.3) is 0 Å². The molecule has 0 aliphatic heterocycles. The summed E-state index contributed by atoms with van der Waals surface area (Å²) in [5.74, 6) is -0.949. The van der Waals surface area contributed by atoms with Crippen LogP contribution in [0.15, 0.2) is 36.7 Å². The van der Waals surface area contributed by atoms with Gasteiger partial charge in [-0.25, -0.2) is 4.39 Å². The molecule has 0 bridgehead atoms. The van der Waals surface area contributed by atoms with Crippen LogP contribution < -0.4 is 5.32 Å². The molecule has 1 aromatic carbocycles. The maximum Gasteiger partial charge on any atom is 0.416 e. The number of hydrogen-bond acceptors (Lipinski definition) is 3. The highest BCUT2D eigenvalue weighted by molar-refractivity contribution is 5.49. The van der Waals surface area contributed by atoms with Crippen LogP contribution in [-0.2, 0) is 19.3 Å². The molecule has 0 saturated carbocycles. The van der Waals surface area contributed by atoms with Crippen molar-refractivity contribution in [3.8, 4) is 0 Å². The number of nitrogens with one attached hydrogen (secondary N) is 1. The van der Waals surface area contributed by atoms with Crippen molar-refractivity contribution in [3.63, 3.8) is 0 Å². The molecule has 0 unspecified atom stereocenters. The van der Waals surface area contributed by atoms with Crippen molar-refractivity contribution in [1.82, 2.24) is 4.98 Å². The average molecular weight is 300 g/mol. The van der Waals surface area contributed by atoms with Gasteiger partial charge in [0, 0.05) is 18.3 Å². The maximum absolute atomic E-state index is 13.2. The summed E-state index contributed by atoms with van der Waals surface area (Å²) >= 11 is 0. The fraction of sp³-hybridized carbons (Fsp3) is 0.214. The Morgan fingerprint density at radius 3 is 2.62 bits per heavy atom. The minimum absolute atomic E-state index is 0.0144. The first-order valence-electron chi connectivity index (χ1n) is 6.04. The Morgan fingerprint density at radius 1 is 1.19 bits per heavy atom. The first-order valence-corrected chi connectivity index (χ1v) is 6.04. The van der Waals surface area contributed by atoms with Crippen molar-refractivity contribution in [2.24, 2.45) is 0 Å². The minimum atomic E-state index is -4.60. The highest BCUT2D eigenvalue weighted by atomic mass is 19.4. The molecule has 1 heterocycles. The quantitative estimate of drug-likeness (QED) is 0.851. The lowest BCUT2D eigenvalue weighted by Crippen LogP contribution is -2.08. The van der Waals surface area contributed by atoms with E-state index in [-0.39, 0.29) is 18.7 Å². The number of pyridine rings is 1. The van der Waals surface area contributed by atoms with E-state index in [1.165, 1.54) is 12.4 Å². The van der Waals surface area contributed by atoms with Gasteiger partial charge in [-0.15, -0.1) is 0 Å². The Balaban J connectivity index is 2.19. The summed E-state index contributed by atoms with van der Waals surface area (Å²) < 4.78 is 51.0. The largest absolute Gasteiger partial charge is 0.416 e. The number of alkyl halides is 3. The highest BCUT2D eigenvalue weighted by Crippen LogP contribution is 2.30. The first-order chi connectivity index (χ1) is 9.90. The summed E-state index contributed by atoms with van der Waals surface area (Å²) in [6.07, 6.45) is -1.67. The lowest BCUT2D eigenvalue weighted by Gasteiger charge is -2.12. The molecular weight excluding hydrogens is 288 g/mol. The van der Waals surface area contributed by atoms with E-state index in [0.717, 1.165) is 12.1 Å². The molecule has 2 N–H and O–H groups in total. The van der Waals surface area contributed by atoms with Crippen LogP contribution in [0.25, 0.3) is 0 Å². The maximum atomic E-state index is 13.2. The van der Waals surface area contributed by atoms with E-state index < -0.39 is 17.6 Å². The fourth-order valence-corrected chi connectivity index (χ4v) is 1.83. The van der Waals surface area contributed by atoms with Crippen LogP contribution in [0.1, 0.15) is 16.7 Å². The summed E-state index contributed by atoms with van der Waals surface area (Å²) in [5, 5.41) is 12.0. The first kappa shape index (κ1) is 15.2. The number of aromatic nitrogens is 1. The van der Waals surface area contributed by atoms with E-state index in [1.54, 1.807) is 6.07 Å². The van der Waals surface area contributed by atoms with Crippen LogP contribution >= 0.6 is 0 Å². The van der Waals surface area contributed by atoms with Crippen molar-refractivity contribution < 1.29 is 22.7 Å². The number of nitrogens with zero attached hydrogens (tertiary/aromatic N) is 1. The van der Waals surface area contributed by atoms with Crippen molar-refractivity contribution in [2.45, 2.75) is 19.3 Å². The van der Waals surface area contributed by atoms with Crippen molar-refractivity contribution in [1.29, 1.82) is 0 Å². The van der Waals surface area contributed by atoms with Crippen LogP contribution in [0, 0.1) is 5.82 Å². The molecule has 1 aromatic heterocycles. The molecule has 0 saturated heterocycles. The zero-order chi connectivity index (χ0) is 15.5. The van der Waals surface area contributed by atoms with Gasteiger partial charge in [0.15, 0.2) is 0 Å². The predicted octanol–water partition coefficient (Wildman–Crippen LogP) is 3.34. The second kappa shape index (κ2) is 6.09. The van der Waals surface area contributed by atoms with Crippen LogP contribution in [0.2, 0.25) is 0 Å². The lowest BCUT2D eigenvalue weighted by molar-refractivity contribution is -0.137. The summed E-state index contributed by atoms with van der Waals surface area (Å²) in [6, 6.07) is 3.93. The van der Waals surface area contributed by atoms with Crippen LogP contribution in [0.3, 0.4) is 0 Å². The molecule has 112 valence electrons. The Labute approximate surface area is 118 Å². The standard InChI is InChI=1S/C14H12F4N2O/c15-12-4-9(3-11(5-12)14(16,17)18)6-20-13-7-19-2-1-10(13)8-21/h1-5,7,20-21H,6,8H2. The van der Waals surface area contributed by atoms with E-state index in [9.17, 15) is 17.6 Å². The lowest BCUT2D eigenvalue weighted by atomic mass is 10.1. The van der Waals surface area contributed by atoms with Gasteiger partial charge < -0.3 is 10.4 Å². The van der Waals surface area contributed by atoms with Gasteiger partial charge in [-0.05, 0) is 29.8 Å². The number of anilines is 1. The van der Waals surface area contributed by atoms with Crippen molar-refractivity contribution >= 4 is 5.69 Å². The fourth-order valence-electron chi connectivity index (χ4n) is 1.83. The third-order valence-electron chi connectivity index (χ3n) is 2.85. The number of aliphatic hydroxyl groups excluding tert-OH is 1. The van der Waals surface area contributed by atoms with Crippen LogP contribution in [0.5, 0.6) is 0 Å². The molecule has 0 fully saturated rings. The smallest absolute Gasteiger partial charge is 0.392 e. The second-order valence-electron chi connectivity index (χ2n) is 4.39. The Bertz CT molecular complexity index is 629. The molecule has 7 heteroatoms. The third kappa shape index (κ3) is 3.91. The number of hydrogen-bond donors (Lipinski definition) is 2. The molecule has 0 atom stereocenters. The van der Waals surface area contributed by atoms with Gasteiger partial charge in [-0.2, -0.15) is 13.2 Å². The van der Waals surface area contributed by atoms with Crippen molar-refractivity contribution in [3.05, 3.63) is 59.2 Å². The van der Waals surface area contributed by atoms with E-state index in [0.29, 0.717) is 17.3 Å². The van der Waals surface area contributed by atoms with Gasteiger partial charge in [0.1, 0.15) is 5.82 Å². The highest BCUT2D eigenvalue weighted by Gasteiger charge is 2.31. The second-order valence-corrected chi connectivity index (χ2v) is 4.39. The number of aliphatic hydroxyl groups is 1. The van der Waals surface area contributed by atoms with E-state index >= 15 is 0 Å². The Morgan fingerprint density at radius 2 is 1.95 bits per heavy atom. The van der Waals surface area contributed by atoms with Crippen LogP contribution in [-0.4, -0.2) is 10.1 Å².